The summed E-state index contributed by atoms with van der Waals surface area (Å²) in [5, 5.41) is -0.00809. The Hall–Kier alpha value is -0.630. The standard InChI is InChI=1S/C12H17ClN2/c1-7(13)9-6-14-11(15-8(9)2)10-5-12(10,3)4/h6-7,10H,5H2,1-4H3. The number of halogens is 1. The van der Waals surface area contributed by atoms with E-state index in [9.17, 15) is 0 Å². The van der Waals surface area contributed by atoms with Gasteiger partial charge in [-0.15, -0.1) is 11.6 Å². The number of hydrogen-bond acceptors (Lipinski definition) is 2. The molecule has 2 nitrogen and oxygen atoms in total. The molecule has 2 unspecified atom stereocenters. The molecule has 0 N–H and O–H groups in total. The number of aromatic nitrogens is 2. The first-order valence-electron chi connectivity index (χ1n) is 5.39. The van der Waals surface area contributed by atoms with Crippen LogP contribution >= 0.6 is 11.6 Å². The zero-order chi connectivity index (χ0) is 11.2. The van der Waals surface area contributed by atoms with Crippen LogP contribution in [0.2, 0.25) is 0 Å². The zero-order valence-electron chi connectivity index (χ0n) is 9.71. The highest BCUT2D eigenvalue weighted by atomic mass is 35.5. The van der Waals surface area contributed by atoms with Crippen molar-refractivity contribution in [3.63, 3.8) is 0 Å². The molecule has 0 radical (unpaired) electrons. The van der Waals surface area contributed by atoms with Gasteiger partial charge >= 0.3 is 0 Å². The minimum Gasteiger partial charge on any atom is -0.241 e. The average Bonchev–Trinajstić information content (AvgIpc) is 2.74. The lowest BCUT2D eigenvalue weighted by atomic mass is 10.1. The Bertz CT molecular complexity index is 385. The maximum atomic E-state index is 6.03. The lowest BCUT2D eigenvalue weighted by molar-refractivity contribution is 0.606. The molecule has 2 rings (SSSR count). The Balaban J connectivity index is 2.27. The van der Waals surface area contributed by atoms with Gasteiger partial charge in [-0.1, -0.05) is 13.8 Å². The molecule has 1 heterocycles. The van der Waals surface area contributed by atoms with Crippen molar-refractivity contribution in [3.05, 3.63) is 23.3 Å². The average molecular weight is 225 g/mol. The second-order valence-corrected chi connectivity index (χ2v) is 5.78. The zero-order valence-corrected chi connectivity index (χ0v) is 10.5. The molecule has 1 fully saturated rings. The van der Waals surface area contributed by atoms with Gasteiger partial charge in [0, 0.05) is 23.4 Å². The summed E-state index contributed by atoms with van der Waals surface area (Å²) < 4.78 is 0. The third kappa shape index (κ3) is 2.00. The van der Waals surface area contributed by atoms with Crippen LogP contribution in [0.1, 0.15) is 55.6 Å². The number of alkyl halides is 1. The van der Waals surface area contributed by atoms with Crippen molar-refractivity contribution in [1.29, 1.82) is 0 Å². The lowest BCUT2D eigenvalue weighted by Crippen LogP contribution is -2.02. The molecule has 1 saturated carbocycles. The first-order chi connectivity index (χ1) is 6.92. The number of hydrogen-bond donors (Lipinski definition) is 0. The minimum atomic E-state index is -0.00809. The van der Waals surface area contributed by atoms with Gasteiger partial charge in [-0.3, -0.25) is 0 Å². The molecule has 0 spiro atoms. The van der Waals surface area contributed by atoms with Crippen molar-refractivity contribution < 1.29 is 0 Å². The van der Waals surface area contributed by atoms with Gasteiger partial charge in [-0.25, -0.2) is 9.97 Å². The van der Waals surface area contributed by atoms with E-state index < -0.39 is 0 Å². The van der Waals surface area contributed by atoms with Gasteiger partial charge < -0.3 is 0 Å². The maximum absolute atomic E-state index is 6.03. The van der Waals surface area contributed by atoms with E-state index in [4.69, 9.17) is 11.6 Å². The predicted molar refractivity (Wildman–Crippen MR) is 62.2 cm³/mol. The maximum Gasteiger partial charge on any atom is 0.132 e. The Labute approximate surface area is 96.1 Å². The number of rotatable bonds is 2. The molecule has 0 aliphatic heterocycles. The van der Waals surface area contributed by atoms with Gasteiger partial charge in [0.05, 0.1) is 5.38 Å². The summed E-state index contributed by atoms with van der Waals surface area (Å²) in [5.74, 6) is 1.52. The van der Waals surface area contributed by atoms with Crippen LogP contribution in [0, 0.1) is 12.3 Å². The first-order valence-corrected chi connectivity index (χ1v) is 5.83. The highest BCUT2D eigenvalue weighted by Crippen LogP contribution is 2.57. The Kier molecular flexibility index (Phi) is 2.50. The van der Waals surface area contributed by atoms with Gasteiger partial charge in [0.1, 0.15) is 5.82 Å². The van der Waals surface area contributed by atoms with E-state index in [1.807, 2.05) is 20.0 Å². The van der Waals surface area contributed by atoms with Crippen LogP contribution in [0.25, 0.3) is 0 Å². The summed E-state index contributed by atoms with van der Waals surface area (Å²) in [7, 11) is 0. The second-order valence-electron chi connectivity index (χ2n) is 5.13. The summed E-state index contributed by atoms with van der Waals surface area (Å²) in [5.41, 5.74) is 2.45. The summed E-state index contributed by atoms with van der Waals surface area (Å²) in [6.07, 6.45) is 3.08. The van der Waals surface area contributed by atoms with E-state index in [0.717, 1.165) is 17.1 Å². The van der Waals surface area contributed by atoms with Crippen LogP contribution in [-0.4, -0.2) is 9.97 Å². The molecule has 0 amide bonds. The normalized spacial score (nSPS) is 25.0. The summed E-state index contributed by atoms with van der Waals surface area (Å²) in [6.45, 7) is 8.48. The SMILES string of the molecule is Cc1nc(C2CC2(C)C)ncc1C(C)Cl. The smallest absolute Gasteiger partial charge is 0.132 e. The molecule has 1 aliphatic carbocycles. The minimum absolute atomic E-state index is 0.00809. The van der Waals surface area contributed by atoms with Crippen molar-refractivity contribution in [2.45, 2.75) is 45.4 Å². The molecule has 0 bridgehead atoms. The van der Waals surface area contributed by atoms with Crippen molar-refractivity contribution in [2.24, 2.45) is 5.41 Å². The van der Waals surface area contributed by atoms with Crippen LogP contribution in [0.5, 0.6) is 0 Å². The molecule has 3 heteroatoms. The molecule has 2 atom stereocenters. The summed E-state index contributed by atoms with van der Waals surface area (Å²) >= 11 is 6.03. The van der Waals surface area contributed by atoms with Crippen LogP contribution < -0.4 is 0 Å². The highest BCUT2D eigenvalue weighted by Gasteiger charge is 2.48. The topological polar surface area (TPSA) is 25.8 Å². The fourth-order valence-corrected chi connectivity index (χ4v) is 2.17. The largest absolute Gasteiger partial charge is 0.241 e. The third-order valence-electron chi connectivity index (χ3n) is 3.29. The van der Waals surface area contributed by atoms with Gasteiger partial charge in [0.15, 0.2) is 0 Å². The van der Waals surface area contributed by atoms with Gasteiger partial charge in [0.2, 0.25) is 0 Å². The van der Waals surface area contributed by atoms with Gasteiger partial charge in [-0.2, -0.15) is 0 Å². The molecule has 0 saturated heterocycles. The quantitative estimate of drug-likeness (QED) is 0.718. The monoisotopic (exact) mass is 224 g/mol. The van der Waals surface area contributed by atoms with E-state index >= 15 is 0 Å². The van der Waals surface area contributed by atoms with E-state index in [0.29, 0.717) is 11.3 Å². The van der Waals surface area contributed by atoms with Crippen molar-refractivity contribution in [3.8, 4) is 0 Å². The van der Waals surface area contributed by atoms with E-state index in [2.05, 4.69) is 23.8 Å². The van der Waals surface area contributed by atoms with Crippen LogP contribution in [0.15, 0.2) is 6.20 Å². The van der Waals surface area contributed by atoms with E-state index in [1.54, 1.807) is 0 Å². The van der Waals surface area contributed by atoms with Crippen molar-refractivity contribution in [2.75, 3.05) is 0 Å². The van der Waals surface area contributed by atoms with Crippen molar-refractivity contribution >= 4 is 11.6 Å². The fourth-order valence-electron chi connectivity index (χ4n) is 1.96. The molecular weight excluding hydrogens is 208 g/mol. The van der Waals surface area contributed by atoms with Crippen LogP contribution in [-0.2, 0) is 0 Å². The van der Waals surface area contributed by atoms with Crippen LogP contribution in [0.4, 0.5) is 0 Å². The molecule has 1 aliphatic rings. The molecule has 82 valence electrons. The van der Waals surface area contributed by atoms with E-state index in [1.165, 1.54) is 6.42 Å². The Morgan fingerprint density at radius 1 is 1.53 bits per heavy atom. The number of aryl methyl sites for hydroxylation is 1. The second kappa shape index (κ2) is 3.44. The highest BCUT2D eigenvalue weighted by molar-refractivity contribution is 6.20. The first kappa shape index (κ1) is 10.9. The molecule has 0 aromatic carbocycles. The van der Waals surface area contributed by atoms with Crippen LogP contribution in [0.3, 0.4) is 0 Å². The Morgan fingerprint density at radius 3 is 2.53 bits per heavy atom. The molecule has 15 heavy (non-hydrogen) atoms. The molecular formula is C12H17ClN2. The Morgan fingerprint density at radius 2 is 2.13 bits per heavy atom. The van der Waals surface area contributed by atoms with E-state index in [-0.39, 0.29) is 5.38 Å². The lowest BCUT2D eigenvalue weighted by Gasteiger charge is -2.09. The molecule has 1 aromatic heterocycles. The van der Waals surface area contributed by atoms with Crippen molar-refractivity contribution in [1.82, 2.24) is 9.97 Å². The van der Waals surface area contributed by atoms with Gasteiger partial charge in [0.25, 0.3) is 0 Å². The summed E-state index contributed by atoms with van der Waals surface area (Å²) in [6, 6.07) is 0. The number of nitrogens with zero attached hydrogens (tertiary/aromatic N) is 2. The molecule has 1 aromatic rings. The summed E-state index contributed by atoms with van der Waals surface area (Å²) in [4.78, 5) is 8.98. The van der Waals surface area contributed by atoms with Gasteiger partial charge in [-0.05, 0) is 25.7 Å². The fraction of sp³-hybridized carbons (Fsp3) is 0.667. The third-order valence-corrected chi connectivity index (χ3v) is 3.52. The predicted octanol–water partition coefficient (Wildman–Crippen LogP) is 3.60.